The van der Waals surface area contributed by atoms with Gasteiger partial charge in [0.15, 0.2) is 0 Å². The molecule has 1 rings (SSSR count). The Morgan fingerprint density at radius 2 is 1.94 bits per heavy atom. The van der Waals surface area contributed by atoms with Gasteiger partial charge in [-0.3, -0.25) is 4.79 Å². The number of amides is 1. The monoisotopic (exact) mass is 221 g/mol. The summed E-state index contributed by atoms with van der Waals surface area (Å²) in [5, 5.41) is 8.94. The number of carboxylic acid groups (broad SMARTS) is 1. The van der Waals surface area contributed by atoms with Gasteiger partial charge >= 0.3 is 5.97 Å². The summed E-state index contributed by atoms with van der Waals surface area (Å²) in [5.41, 5.74) is 1.46. The van der Waals surface area contributed by atoms with Crippen LogP contribution in [0.15, 0.2) is 18.2 Å². The van der Waals surface area contributed by atoms with Gasteiger partial charge in [0, 0.05) is 19.7 Å². The molecule has 4 heteroatoms. The normalized spacial score (nSPS) is 9.94. The highest BCUT2D eigenvalue weighted by molar-refractivity contribution is 5.96. The lowest BCUT2D eigenvalue weighted by Gasteiger charge is -2.12. The Morgan fingerprint density at radius 3 is 2.38 bits per heavy atom. The Morgan fingerprint density at radius 1 is 1.31 bits per heavy atom. The topological polar surface area (TPSA) is 57.6 Å². The van der Waals surface area contributed by atoms with E-state index in [2.05, 4.69) is 0 Å². The van der Waals surface area contributed by atoms with Crippen molar-refractivity contribution in [2.45, 2.75) is 13.3 Å². The van der Waals surface area contributed by atoms with E-state index in [0.717, 1.165) is 0 Å². The summed E-state index contributed by atoms with van der Waals surface area (Å²) in [6, 6.07) is 4.68. The van der Waals surface area contributed by atoms with Gasteiger partial charge in [-0.1, -0.05) is 6.92 Å². The lowest BCUT2D eigenvalue weighted by molar-refractivity contribution is 0.0694. The summed E-state index contributed by atoms with van der Waals surface area (Å²) in [5.74, 6) is -1.08. The van der Waals surface area contributed by atoms with Crippen LogP contribution in [-0.4, -0.2) is 36.0 Å². The number of carbonyl (C=O) groups excluding carboxylic acids is 1. The summed E-state index contributed by atoms with van der Waals surface area (Å²) in [6.07, 6.45) is 0.593. The summed E-state index contributed by atoms with van der Waals surface area (Å²) in [4.78, 5) is 24.0. The zero-order chi connectivity index (χ0) is 12.3. The van der Waals surface area contributed by atoms with Gasteiger partial charge in [0.05, 0.1) is 5.56 Å². The first-order valence-corrected chi connectivity index (χ1v) is 5.05. The zero-order valence-corrected chi connectivity index (χ0v) is 9.65. The molecule has 1 N–H and O–H groups in total. The van der Waals surface area contributed by atoms with Crippen LogP contribution in [0.4, 0.5) is 0 Å². The number of benzene rings is 1. The second-order valence-corrected chi connectivity index (χ2v) is 3.73. The maximum atomic E-state index is 11.7. The smallest absolute Gasteiger partial charge is 0.335 e. The molecular formula is C12H15NO3. The van der Waals surface area contributed by atoms with Crippen molar-refractivity contribution >= 4 is 11.9 Å². The fourth-order valence-corrected chi connectivity index (χ4v) is 1.49. The lowest BCUT2D eigenvalue weighted by Crippen LogP contribution is -2.22. The molecule has 86 valence electrons. The van der Waals surface area contributed by atoms with E-state index >= 15 is 0 Å². The van der Waals surface area contributed by atoms with E-state index < -0.39 is 5.97 Å². The van der Waals surface area contributed by atoms with Crippen molar-refractivity contribution in [3.63, 3.8) is 0 Å². The van der Waals surface area contributed by atoms with Crippen molar-refractivity contribution in [2.24, 2.45) is 0 Å². The van der Waals surface area contributed by atoms with E-state index in [1.165, 1.54) is 11.0 Å². The second-order valence-electron chi connectivity index (χ2n) is 3.73. The Kier molecular flexibility index (Phi) is 3.66. The SMILES string of the molecule is CCc1cc(C(=O)N(C)C)ccc1C(=O)O. The van der Waals surface area contributed by atoms with Gasteiger partial charge in [-0.05, 0) is 30.2 Å². The molecule has 1 aromatic carbocycles. The molecule has 0 radical (unpaired) electrons. The van der Waals surface area contributed by atoms with Crippen LogP contribution in [0.2, 0.25) is 0 Å². The van der Waals surface area contributed by atoms with Crippen molar-refractivity contribution in [2.75, 3.05) is 14.1 Å². The molecular weight excluding hydrogens is 206 g/mol. The summed E-state index contributed by atoms with van der Waals surface area (Å²) in [7, 11) is 3.33. The van der Waals surface area contributed by atoms with Gasteiger partial charge in [0.1, 0.15) is 0 Å². The van der Waals surface area contributed by atoms with E-state index in [0.29, 0.717) is 17.5 Å². The molecule has 0 bridgehead atoms. The van der Waals surface area contributed by atoms with Crippen molar-refractivity contribution < 1.29 is 14.7 Å². The molecule has 0 heterocycles. The number of hydrogen-bond donors (Lipinski definition) is 1. The van der Waals surface area contributed by atoms with Crippen LogP contribution in [0.1, 0.15) is 33.2 Å². The number of nitrogens with zero attached hydrogens (tertiary/aromatic N) is 1. The van der Waals surface area contributed by atoms with E-state index in [9.17, 15) is 9.59 Å². The molecule has 1 aromatic rings. The van der Waals surface area contributed by atoms with Crippen molar-refractivity contribution in [3.8, 4) is 0 Å². The highest BCUT2D eigenvalue weighted by Crippen LogP contribution is 2.14. The van der Waals surface area contributed by atoms with Crippen LogP contribution in [0.25, 0.3) is 0 Å². The first kappa shape index (κ1) is 12.2. The lowest BCUT2D eigenvalue weighted by atomic mass is 10.0. The average molecular weight is 221 g/mol. The Labute approximate surface area is 94.5 Å². The average Bonchev–Trinajstić information content (AvgIpc) is 2.26. The standard InChI is InChI=1S/C12H15NO3/c1-4-8-7-9(11(14)13(2)3)5-6-10(8)12(15)16/h5-7H,4H2,1-3H3,(H,15,16). The Bertz CT molecular complexity index is 424. The third kappa shape index (κ3) is 2.39. The molecule has 16 heavy (non-hydrogen) atoms. The third-order valence-electron chi connectivity index (χ3n) is 2.37. The minimum absolute atomic E-state index is 0.119. The van der Waals surface area contributed by atoms with E-state index in [4.69, 9.17) is 5.11 Å². The van der Waals surface area contributed by atoms with Gasteiger partial charge in [0.25, 0.3) is 5.91 Å². The Hall–Kier alpha value is -1.84. The van der Waals surface area contributed by atoms with Gasteiger partial charge in [0.2, 0.25) is 0 Å². The number of carbonyl (C=O) groups is 2. The molecule has 4 nitrogen and oxygen atoms in total. The first-order chi connectivity index (χ1) is 7.47. The van der Waals surface area contributed by atoms with Crippen LogP contribution < -0.4 is 0 Å². The van der Waals surface area contributed by atoms with Gasteiger partial charge in [-0.15, -0.1) is 0 Å². The number of carboxylic acids is 1. The van der Waals surface area contributed by atoms with Crippen LogP contribution in [0.3, 0.4) is 0 Å². The fraction of sp³-hybridized carbons (Fsp3) is 0.333. The van der Waals surface area contributed by atoms with Gasteiger partial charge in [-0.25, -0.2) is 4.79 Å². The summed E-state index contributed by atoms with van der Waals surface area (Å²) in [6.45, 7) is 1.87. The number of aromatic carboxylic acids is 1. The van der Waals surface area contributed by atoms with E-state index in [-0.39, 0.29) is 11.5 Å². The van der Waals surface area contributed by atoms with Crippen molar-refractivity contribution in [1.29, 1.82) is 0 Å². The number of hydrogen-bond acceptors (Lipinski definition) is 2. The van der Waals surface area contributed by atoms with Crippen molar-refractivity contribution in [1.82, 2.24) is 4.90 Å². The maximum absolute atomic E-state index is 11.7. The second kappa shape index (κ2) is 4.79. The van der Waals surface area contributed by atoms with Crippen LogP contribution >= 0.6 is 0 Å². The predicted octanol–water partition coefficient (Wildman–Crippen LogP) is 1.65. The van der Waals surface area contributed by atoms with Gasteiger partial charge < -0.3 is 10.0 Å². The summed E-state index contributed by atoms with van der Waals surface area (Å²) < 4.78 is 0. The summed E-state index contributed by atoms with van der Waals surface area (Å²) >= 11 is 0. The number of aryl methyl sites for hydroxylation is 1. The molecule has 0 spiro atoms. The minimum Gasteiger partial charge on any atom is -0.478 e. The van der Waals surface area contributed by atoms with Crippen LogP contribution in [0, 0.1) is 0 Å². The molecule has 1 amide bonds. The van der Waals surface area contributed by atoms with Gasteiger partial charge in [-0.2, -0.15) is 0 Å². The largest absolute Gasteiger partial charge is 0.478 e. The van der Waals surface area contributed by atoms with Crippen molar-refractivity contribution in [3.05, 3.63) is 34.9 Å². The predicted molar refractivity (Wildman–Crippen MR) is 60.8 cm³/mol. The quantitative estimate of drug-likeness (QED) is 0.844. The molecule has 0 aliphatic rings. The van der Waals surface area contributed by atoms with E-state index in [1.807, 2.05) is 6.92 Å². The molecule has 0 aliphatic carbocycles. The Balaban J connectivity index is 3.19. The highest BCUT2D eigenvalue weighted by Gasteiger charge is 2.13. The zero-order valence-electron chi connectivity index (χ0n) is 9.65. The number of rotatable bonds is 3. The minimum atomic E-state index is -0.958. The third-order valence-corrected chi connectivity index (χ3v) is 2.37. The molecule has 0 atom stereocenters. The molecule has 0 unspecified atom stereocenters. The molecule has 0 aromatic heterocycles. The van der Waals surface area contributed by atoms with E-state index in [1.54, 1.807) is 26.2 Å². The highest BCUT2D eigenvalue weighted by atomic mass is 16.4. The maximum Gasteiger partial charge on any atom is 0.335 e. The molecule has 0 saturated carbocycles. The fourth-order valence-electron chi connectivity index (χ4n) is 1.49. The van der Waals surface area contributed by atoms with Crippen LogP contribution in [0.5, 0.6) is 0 Å². The molecule has 0 fully saturated rings. The molecule has 0 saturated heterocycles. The molecule has 0 aliphatic heterocycles. The first-order valence-electron chi connectivity index (χ1n) is 5.05. The van der Waals surface area contributed by atoms with Crippen LogP contribution in [-0.2, 0) is 6.42 Å².